The molecule has 184 valence electrons. The second-order valence-electron chi connectivity index (χ2n) is 10.3. The van der Waals surface area contributed by atoms with E-state index in [1.165, 1.54) is 5.56 Å². The summed E-state index contributed by atoms with van der Waals surface area (Å²) < 4.78 is 16.3. The molecule has 3 aromatic rings. The number of nitrogens with zero attached hydrogens (tertiary/aromatic N) is 3. The molecule has 1 amide bonds. The third kappa shape index (κ3) is 5.48. The second-order valence-corrected chi connectivity index (χ2v) is 10.3. The maximum absolute atomic E-state index is 12.8. The Morgan fingerprint density at radius 3 is 2.71 bits per heavy atom. The lowest BCUT2D eigenvalue weighted by Gasteiger charge is -2.30. The number of hydrogen-bond donors (Lipinski definition) is 1. The van der Waals surface area contributed by atoms with Gasteiger partial charge in [0.05, 0.1) is 12.5 Å². The average molecular weight is 477 g/mol. The van der Waals surface area contributed by atoms with Crippen molar-refractivity contribution in [2.24, 2.45) is 5.92 Å². The number of benzene rings is 2. The maximum Gasteiger partial charge on any atom is 0.241 e. The molecule has 1 aromatic heterocycles. The Hall–Kier alpha value is -3.39. The molecule has 2 aromatic carbocycles. The third-order valence-electron chi connectivity index (χ3n) is 6.62. The fraction of sp³-hybridized carbons (Fsp3) is 0.444. The Bertz CT molecular complexity index is 1180. The van der Waals surface area contributed by atoms with Gasteiger partial charge in [0.2, 0.25) is 24.4 Å². The number of carbonyl (C=O) groups excluding carboxylic acids is 1. The van der Waals surface area contributed by atoms with Crippen LogP contribution in [-0.4, -0.2) is 40.8 Å². The van der Waals surface area contributed by atoms with Crippen LogP contribution in [0.4, 0.5) is 0 Å². The van der Waals surface area contributed by atoms with Crippen molar-refractivity contribution in [3.8, 4) is 22.9 Å². The number of piperidine rings is 1. The first-order valence-corrected chi connectivity index (χ1v) is 12.2. The number of amides is 1. The van der Waals surface area contributed by atoms with Gasteiger partial charge in [-0.2, -0.15) is 4.98 Å². The molecule has 1 unspecified atom stereocenters. The summed E-state index contributed by atoms with van der Waals surface area (Å²) in [7, 11) is 0. The molecule has 35 heavy (non-hydrogen) atoms. The quantitative estimate of drug-likeness (QED) is 0.568. The number of carbonyl (C=O) groups is 1. The normalized spacial score (nSPS) is 18.0. The molecule has 0 saturated carbocycles. The van der Waals surface area contributed by atoms with Crippen LogP contribution in [0.25, 0.3) is 11.4 Å². The molecule has 1 atom stereocenters. The molecular formula is C27H32N4O4. The molecule has 0 aliphatic carbocycles. The molecule has 0 bridgehead atoms. The van der Waals surface area contributed by atoms with E-state index in [2.05, 4.69) is 53.3 Å². The topological polar surface area (TPSA) is 89.7 Å². The van der Waals surface area contributed by atoms with E-state index in [0.717, 1.165) is 42.0 Å². The van der Waals surface area contributed by atoms with E-state index in [1.807, 2.05) is 30.3 Å². The Labute approximate surface area is 205 Å². The van der Waals surface area contributed by atoms with Gasteiger partial charge in [0.15, 0.2) is 11.5 Å². The summed E-state index contributed by atoms with van der Waals surface area (Å²) in [6.45, 7) is 9.41. The SMILES string of the molecule is CC(C)(C)c1ccc(-c2noc(CN3CCCC(C(=O)NCc4ccc5c(c4)OCO5)C3)n2)cc1. The first kappa shape index (κ1) is 23.4. The fourth-order valence-corrected chi connectivity index (χ4v) is 4.54. The number of hydrogen-bond acceptors (Lipinski definition) is 7. The molecule has 1 N–H and O–H groups in total. The van der Waals surface area contributed by atoms with Gasteiger partial charge in [-0.15, -0.1) is 0 Å². The van der Waals surface area contributed by atoms with Crippen LogP contribution < -0.4 is 14.8 Å². The minimum atomic E-state index is -0.0647. The zero-order chi connectivity index (χ0) is 24.4. The van der Waals surface area contributed by atoms with E-state index in [-0.39, 0.29) is 24.0 Å². The monoisotopic (exact) mass is 476 g/mol. The van der Waals surface area contributed by atoms with Crippen molar-refractivity contribution in [1.29, 1.82) is 0 Å². The molecule has 5 rings (SSSR count). The van der Waals surface area contributed by atoms with Crippen LogP contribution in [0.2, 0.25) is 0 Å². The van der Waals surface area contributed by atoms with Gasteiger partial charge in [0.1, 0.15) is 0 Å². The molecule has 1 saturated heterocycles. The van der Waals surface area contributed by atoms with E-state index >= 15 is 0 Å². The number of aromatic nitrogens is 2. The van der Waals surface area contributed by atoms with Crippen LogP contribution in [0.1, 0.15) is 50.6 Å². The first-order valence-electron chi connectivity index (χ1n) is 12.2. The van der Waals surface area contributed by atoms with Crippen molar-refractivity contribution in [2.45, 2.75) is 52.1 Å². The second kappa shape index (κ2) is 9.70. The molecule has 2 aliphatic rings. The Morgan fingerprint density at radius 2 is 1.91 bits per heavy atom. The number of nitrogens with one attached hydrogen (secondary N) is 1. The van der Waals surface area contributed by atoms with Crippen LogP contribution >= 0.6 is 0 Å². The molecule has 8 heteroatoms. The van der Waals surface area contributed by atoms with Gasteiger partial charge in [-0.3, -0.25) is 9.69 Å². The van der Waals surface area contributed by atoms with E-state index in [4.69, 9.17) is 14.0 Å². The van der Waals surface area contributed by atoms with Gasteiger partial charge >= 0.3 is 0 Å². The highest BCUT2D eigenvalue weighted by Gasteiger charge is 2.27. The van der Waals surface area contributed by atoms with Crippen molar-refractivity contribution < 1.29 is 18.8 Å². The lowest BCUT2D eigenvalue weighted by molar-refractivity contribution is -0.127. The molecule has 2 aliphatic heterocycles. The van der Waals surface area contributed by atoms with Crippen LogP contribution in [0, 0.1) is 5.92 Å². The number of ether oxygens (including phenoxy) is 2. The zero-order valence-corrected chi connectivity index (χ0v) is 20.5. The summed E-state index contributed by atoms with van der Waals surface area (Å²) in [6.07, 6.45) is 1.83. The largest absolute Gasteiger partial charge is 0.454 e. The predicted octanol–water partition coefficient (Wildman–Crippen LogP) is 4.29. The summed E-state index contributed by atoms with van der Waals surface area (Å²) >= 11 is 0. The maximum atomic E-state index is 12.8. The van der Waals surface area contributed by atoms with Crippen LogP contribution in [-0.2, 0) is 23.3 Å². The molecule has 8 nitrogen and oxygen atoms in total. The number of likely N-dealkylation sites (tertiary alicyclic amines) is 1. The average Bonchev–Trinajstić information content (AvgIpc) is 3.51. The Balaban J connectivity index is 1.15. The molecule has 0 spiro atoms. The molecule has 0 radical (unpaired) electrons. The highest BCUT2D eigenvalue weighted by atomic mass is 16.7. The van der Waals surface area contributed by atoms with Crippen molar-refractivity contribution in [1.82, 2.24) is 20.4 Å². The zero-order valence-electron chi connectivity index (χ0n) is 20.5. The van der Waals surface area contributed by atoms with E-state index in [1.54, 1.807) is 0 Å². The van der Waals surface area contributed by atoms with Gasteiger partial charge in [0.25, 0.3) is 0 Å². The van der Waals surface area contributed by atoms with E-state index in [0.29, 0.717) is 31.3 Å². The van der Waals surface area contributed by atoms with E-state index in [9.17, 15) is 4.79 Å². The molecule has 1 fully saturated rings. The van der Waals surface area contributed by atoms with Crippen LogP contribution in [0.5, 0.6) is 11.5 Å². The predicted molar refractivity (Wildman–Crippen MR) is 131 cm³/mol. The minimum Gasteiger partial charge on any atom is -0.454 e. The van der Waals surface area contributed by atoms with E-state index < -0.39 is 0 Å². The van der Waals surface area contributed by atoms with Gasteiger partial charge in [0, 0.05) is 18.7 Å². The smallest absolute Gasteiger partial charge is 0.241 e. The minimum absolute atomic E-state index is 0.0647. The lowest BCUT2D eigenvalue weighted by atomic mass is 9.87. The highest BCUT2D eigenvalue weighted by Crippen LogP contribution is 2.32. The lowest BCUT2D eigenvalue weighted by Crippen LogP contribution is -2.42. The summed E-state index contributed by atoms with van der Waals surface area (Å²) in [5, 5.41) is 7.25. The highest BCUT2D eigenvalue weighted by molar-refractivity contribution is 5.79. The Morgan fingerprint density at radius 1 is 1.11 bits per heavy atom. The van der Waals surface area contributed by atoms with Gasteiger partial charge in [-0.1, -0.05) is 56.3 Å². The van der Waals surface area contributed by atoms with Crippen molar-refractivity contribution in [3.63, 3.8) is 0 Å². The summed E-state index contributed by atoms with van der Waals surface area (Å²) in [6, 6.07) is 14.0. The van der Waals surface area contributed by atoms with Crippen molar-refractivity contribution in [2.75, 3.05) is 19.9 Å². The van der Waals surface area contributed by atoms with Crippen molar-refractivity contribution in [3.05, 3.63) is 59.5 Å². The first-order chi connectivity index (χ1) is 16.8. The fourth-order valence-electron chi connectivity index (χ4n) is 4.54. The van der Waals surface area contributed by atoms with Crippen molar-refractivity contribution >= 4 is 5.91 Å². The summed E-state index contributed by atoms with van der Waals surface area (Å²) in [5.41, 5.74) is 3.29. The van der Waals surface area contributed by atoms with Crippen LogP contribution in [0.3, 0.4) is 0 Å². The third-order valence-corrected chi connectivity index (χ3v) is 6.62. The Kier molecular flexibility index (Phi) is 6.47. The van der Waals surface area contributed by atoms with Gasteiger partial charge in [-0.25, -0.2) is 0 Å². The molecule has 3 heterocycles. The van der Waals surface area contributed by atoms with Gasteiger partial charge in [-0.05, 0) is 48.1 Å². The molecular weight excluding hydrogens is 444 g/mol. The standard InChI is InChI=1S/C27H32N4O4/c1-27(2,3)21-9-7-19(8-10-21)25-29-24(35-30-25)16-31-12-4-5-20(15-31)26(32)28-14-18-6-11-22-23(13-18)34-17-33-22/h6-11,13,20H,4-5,12,14-17H2,1-3H3,(H,28,32). The summed E-state index contributed by atoms with van der Waals surface area (Å²) in [4.78, 5) is 19.7. The number of fused-ring (bicyclic) bond motifs is 1. The van der Waals surface area contributed by atoms with Gasteiger partial charge < -0.3 is 19.3 Å². The summed E-state index contributed by atoms with van der Waals surface area (Å²) in [5.74, 6) is 2.64. The van der Waals surface area contributed by atoms with Crippen LogP contribution in [0.15, 0.2) is 47.0 Å². The number of rotatable bonds is 6.